The first-order valence-corrected chi connectivity index (χ1v) is 10.8. The van der Waals surface area contributed by atoms with Crippen LogP contribution in [0.2, 0.25) is 5.02 Å². The molecule has 0 saturated heterocycles. The molecular weight excluding hydrogens is 422 g/mol. The highest BCUT2D eigenvalue weighted by Gasteiger charge is 2.48. The van der Waals surface area contributed by atoms with Crippen molar-refractivity contribution in [3.8, 4) is 0 Å². The van der Waals surface area contributed by atoms with E-state index in [1.807, 2.05) is 92.8 Å². The minimum absolute atomic E-state index is 0.178. The summed E-state index contributed by atoms with van der Waals surface area (Å²) < 4.78 is 1.61. The van der Waals surface area contributed by atoms with Gasteiger partial charge in [-0.25, -0.2) is 4.98 Å². The van der Waals surface area contributed by atoms with E-state index in [2.05, 4.69) is 0 Å². The van der Waals surface area contributed by atoms with Crippen LogP contribution in [0.4, 0.5) is 0 Å². The van der Waals surface area contributed by atoms with Crippen LogP contribution in [0.15, 0.2) is 83.7 Å². The molecule has 1 aliphatic rings. The standard InChI is InChI=1S/C26H22ClN3O2/c1-17-26(32,19-8-4-3-5-9-19)29(2)23(16-18-12-14-20(27)15-13-18)24-28-22-11-7-6-10-21(22)25(31)30(17)24/h3-17,32H,1-2H3/b23-16-/t17-,26-/m1/s1. The van der Waals surface area contributed by atoms with E-state index >= 15 is 0 Å². The maximum absolute atomic E-state index is 13.6. The van der Waals surface area contributed by atoms with Crippen molar-refractivity contribution in [1.82, 2.24) is 14.5 Å². The summed E-state index contributed by atoms with van der Waals surface area (Å²) >= 11 is 6.07. The highest BCUT2D eigenvalue weighted by atomic mass is 35.5. The van der Waals surface area contributed by atoms with Gasteiger partial charge in [0.1, 0.15) is 0 Å². The molecule has 32 heavy (non-hydrogen) atoms. The molecule has 1 aliphatic heterocycles. The Labute approximate surface area is 190 Å². The number of para-hydroxylation sites is 1. The predicted octanol–water partition coefficient (Wildman–Crippen LogP) is 4.90. The molecule has 5 rings (SSSR count). The number of benzene rings is 3. The number of rotatable bonds is 2. The molecule has 0 fully saturated rings. The SMILES string of the molecule is C[C@H]1n2c(nc3ccccc3c2=O)/C(=C/c2ccc(Cl)cc2)N(C)[C@]1(O)c1ccccc1. The molecule has 6 heteroatoms. The van der Waals surface area contributed by atoms with Gasteiger partial charge in [-0.2, -0.15) is 0 Å². The maximum Gasteiger partial charge on any atom is 0.262 e. The van der Waals surface area contributed by atoms with E-state index in [1.54, 1.807) is 15.5 Å². The van der Waals surface area contributed by atoms with Crippen molar-refractivity contribution in [1.29, 1.82) is 0 Å². The third-order valence-electron chi connectivity index (χ3n) is 6.25. The van der Waals surface area contributed by atoms with Crippen molar-refractivity contribution in [3.63, 3.8) is 0 Å². The minimum Gasteiger partial charge on any atom is -0.365 e. The molecule has 5 nitrogen and oxygen atoms in total. The number of fused-ring (bicyclic) bond motifs is 2. The van der Waals surface area contributed by atoms with E-state index in [0.717, 1.165) is 5.56 Å². The summed E-state index contributed by atoms with van der Waals surface area (Å²) in [6, 6.07) is 23.5. The van der Waals surface area contributed by atoms with Gasteiger partial charge in [0.15, 0.2) is 11.5 Å². The molecule has 3 aromatic carbocycles. The van der Waals surface area contributed by atoms with Crippen molar-refractivity contribution >= 4 is 34.3 Å². The zero-order chi connectivity index (χ0) is 22.5. The van der Waals surface area contributed by atoms with Gasteiger partial charge in [-0.15, -0.1) is 0 Å². The zero-order valence-electron chi connectivity index (χ0n) is 17.7. The van der Waals surface area contributed by atoms with Crippen molar-refractivity contribution in [2.24, 2.45) is 0 Å². The summed E-state index contributed by atoms with van der Waals surface area (Å²) in [5.41, 5.74) is 1.21. The fourth-order valence-corrected chi connectivity index (χ4v) is 4.60. The number of halogens is 1. The molecule has 0 radical (unpaired) electrons. The van der Waals surface area contributed by atoms with Crippen LogP contribution in [0.25, 0.3) is 22.7 Å². The lowest BCUT2D eigenvalue weighted by molar-refractivity contribution is -0.118. The van der Waals surface area contributed by atoms with Crippen LogP contribution >= 0.6 is 11.6 Å². The van der Waals surface area contributed by atoms with Crippen LogP contribution in [0.5, 0.6) is 0 Å². The lowest BCUT2D eigenvalue weighted by atomic mass is 9.90. The zero-order valence-corrected chi connectivity index (χ0v) is 18.5. The van der Waals surface area contributed by atoms with Crippen molar-refractivity contribution in [2.45, 2.75) is 18.7 Å². The first-order chi connectivity index (χ1) is 15.4. The van der Waals surface area contributed by atoms with Crippen LogP contribution in [0, 0.1) is 0 Å². The van der Waals surface area contributed by atoms with E-state index < -0.39 is 11.8 Å². The monoisotopic (exact) mass is 443 g/mol. The average Bonchev–Trinajstić information content (AvgIpc) is 2.82. The highest BCUT2D eigenvalue weighted by Crippen LogP contribution is 2.44. The third-order valence-corrected chi connectivity index (χ3v) is 6.50. The Bertz CT molecular complexity index is 1400. The lowest BCUT2D eigenvalue weighted by Crippen LogP contribution is -2.55. The number of hydrogen-bond acceptors (Lipinski definition) is 4. The first kappa shape index (κ1) is 20.5. The number of hydrogen-bond donors (Lipinski definition) is 1. The maximum atomic E-state index is 13.6. The minimum atomic E-state index is -1.46. The predicted molar refractivity (Wildman–Crippen MR) is 128 cm³/mol. The van der Waals surface area contributed by atoms with Crippen molar-refractivity contribution < 1.29 is 5.11 Å². The molecule has 1 aromatic heterocycles. The van der Waals surface area contributed by atoms with Gasteiger partial charge in [0.05, 0.1) is 22.6 Å². The second-order valence-corrected chi connectivity index (χ2v) is 8.47. The molecule has 0 aliphatic carbocycles. The second kappa shape index (κ2) is 7.62. The van der Waals surface area contributed by atoms with Crippen LogP contribution in [-0.2, 0) is 5.72 Å². The smallest absolute Gasteiger partial charge is 0.262 e. The Morgan fingerprint density at radius 3 is 2.38 bits per heavy atom. The van der Waals surface area contributed by atoms with Crippen LogP contribution in [0.1, 0.15) is 29.9 Å². The Morgan fingerprint density at radius 1 is 1.00 bits per heavy atom. The van der Waals surface area contributed by atoms with Gasteiger partial charge in [-0.05, 0) is 42.8 Å². The Morgan fingerprint density at radius 2 is 1.66 bits per heavy atom. The van der Waals surface area contributed by atoms with Gasteiger partial charge in [0, 0.05) is 17.6 Å². The largest absolute Gasteiger partial charge is 0.365 e. The summed E-state index contributed by atoms with van der Waals surface area (Å²) in [5.74, 6) is 0.513. The molecular formula is C26H22ClN3O2. The molecule has 2 atom stereocenters. The lowest BCUT2D eigenvalue weighted by Gasteiger charge is -2.49. The molecule has 0 unspecified atom stereocenters. The number of nitrogens with zero attached hydrogens (tertiary/aromatic N) is 3. The van der Waals surface area contributed by atoms with Gasteiger partial charge < -0.3 is 10.0 Å². The fourth-order valence-electron chi connectivity index (χ4n) is 4.48. The van der Waals surface area contributed by atoms with Gasteiger partial charge in [0.2, 0.25) is 0 Å². The van der Waals surface area contributed by atoms with E-state index in [4.69, 9.17) is 16.6 Å². The normalized spacial score (nSPS) is 21.7. The molecule has 0 saturated carbocycles. The summed E-state index contributed by atoms with van der Waals surface area (Å²) in [4.78, 5) is 20.3. The average molecular weight is 444 g/mol. The molecule has 2 heterocycles. The number of aromatic nitrogens is 2. The van der Waals surface area contributed by atoms with E-state index in [-0.39, 0.29) is 5.56 Å². The van der Waals surface area contributed by atoms with Gasteiger partial charge in [-0.3, -0.25) is 9.36 Å². The first-order valence-electron chi connectivity index (χ1n) is 10.4. The van der Waals surface area contributed by atoms with Crippen molar-refractivity contribution in [3.05, 3.63) is 111 Å². The molecule has 0 amide bonds. The topological polar surface area (TPSA) is 58.4 Å². The van der Waals surface area contributed by atoms with Gasteiger partial charge in [0.25, 0.3) is 5.56 Å². The van der Waals surface area contributed by atoms with Crippen LogP contribution < -0.4 is 5.56 Å². The summed E-state index contributed by atoms with van der Waals surface area (Å²) in [5, 5.41) is 13.3. The Balaban J connectivity index is 1.85. The molecule has 4 aromatic rings. The summed E-state index contributed by atoms with van der Waals surface area (Å²) in [6.45, 7) is 1.85. The summed E-state index contributed by atoms with van der Waals surface area (Å²) in [6.07, 6.45) is 1.92. The molecule has 0 spiro atoms. The molecule has 1 N–H and O–H groups in total. The second-order valence-electron chi connectivity index (χ2n) is 8.04. The fraction of sp³-hybridized carbons (Fsp3) is 0.154. The van der Waals surface area contributed by atoms with E-state index in [1.165, 1.54) is 0 Å². The summed E-state index contributed by atoms with van der Waals surface area (Å²) in [7, 11) is 1.83. The molecule has 160 valence electrons. The van der Waals surface area contributed by atoms with E-state index in [9.17, 15) is 9.90 Å². The van der Waals surface area contributed by atoms with Crippen LogP contribution in [-0.4, -0.2) is 26.6 Å². The van der Waals surface area contributed by atoms with Gasteiger partial charge >= 0.3 is 0 Å². The van der Waals surface area contributed by atoms with Crippen LogP contribution in [0.3, 0.4) is 0 Å². The number of likely N-dealkylation sites (N-methyl/N-ethyl adjacent to an activating group) is 1. The molecule has 0 bridgehead atoms. The van der Waals surface area contributed by atoms with Crippen molar-refractivity contribution in [2.75, 3.05) is 7.05 Å². The quantitative estimate of drug-likeness (QED) is 0.478. The highest BCUT2D eigenvalue weighted by molar-refractivity contribution is 6.30. The Hall–Kier alpha value is -3.41. The van der Waals surface area contributed by atoms with E-state index in [0.29, 0.717) is 33.0 Å². The Kier molecular flexibility index (Phi) is 4.88. The van der Waals surface area contributed by atoms with Gasteiger partial charge in [-0.1, -0.05) is 66.2 Å². The third kappa shape index (κ3) is 3.05. The number of aliphatic hydroxyl groups is 1.